The molecule has 1 N–H and O–H groups in total. The largest absolute Gasteiger partial charge is 0.307 e. The van der Waals surface area contributed by atoms with Gasteiger partial charge in [0.25, 0.3) is 0 Å². The van der Waals surface area contributed by atoms with E-state index < -0.39 is 10.0 Å². The predicted octanol–water partition coefficient (Wildman–Crippen LogP) is 3.67. The lowest BCUT2D eigenvalue weighted by molar-refractivity contribution is 0.472. The van der Waals surface area contributed by atoms with Crippen molar-refractivity contribution in [3.05, 3.63) is 63.8 Å². The summed E-state index contributed by atoms with van der Waals surface area (Å²) >= 11 is 1.05. The summed E-state index contributed by atoms with van der Waals surface area (Å²) in [6.07, 6.45) is 0.699. The number of benzene rings is 2. The third-order valence-electron chi connectivity index (χ3n) is 4.28. The Hall–Kier alpha value is -1.96. The second-order valence-electron chi connectivity index (χ2n) is 6.77. The second kappa shape index (κ2) is 7.34. The van der Waals surface area contributed by atoms with Crippen molar-refractivity contribution in [3.63, 3.8) is 0 Å². The van der Waals surface area contributed by atoms with Gasteiger partial charge in [-0.25, -0.2) is 13.1 Å². The Labute approximate surface area is 157 Å². The molecule has 3 rings (SSSR count). The molecule has 0 fully saturated rings. The summed E-state index contributed by atoms with van der Waals surface area (Å²) in [5, 5.41) is 0. The topological polar surface area (TPSA) is 68.2 Å². The van der Waals surface area contributed by atoms with Crippen LogP contribution in [0.3, 0.4) is 0 Å². The molecule has 0 aliphatic heterocycles. The molecule has 7 heteroatoms. The highest BCUT2D eigenvalue weighted by molar-refractivity contribution is 7.89. The SMILES string of the molecule is CC(C)C[C@H](NS(=O)(=O)c1ccc2c(c1)sc(=O)n2C)c1ccccc1. The molecule has 0 saturated carbocycles. The molecule has 0 saturated heterocycles. The third-order valence-corrected chi connectivity index (χ3v) is 6.75. The van der Waals surface area contributed by atoms with E-state index in [0.717, 1.165) is 22.4 Å². The number of thiazole rings is 1. The van der Waals surface area contributed by atoms with Gasteiger partial charge < -0.3 is 4.57 Å². The lowest BCUT2D eigenvalue weighted by Gasteiger charge is -2.21. The molecule has 3 aromatic rings. The number of hydrogen-bond donors (Lipinski definition) is 1. The maximum absolute atomic E-state index is 12.9. The van der Waals surface area contributed by atoms with Crippen LogP contribution in [0.15, 0.2) is 58.2 Å². The highest BCUT2D eigenvalue weighted by atomic mass is 32.2. The van der Waals surface area contributed by atoms with Gasteiger partial charge in [0.2, 0.25) is 10.0 Å². The van der Waals surface area contributed by atoms with Crippen LogP contribution >= 0.6 is 11.3 Å². The van der Waals surface area contributed by atoms with E-state index in [2.05, 4.69) is 18.6 Å². The first kappa shape index (κ1) is 18.8. The van der Waals surface area contributed by atoms with Crippen LogP contribution in [-0.4, -0.2) is 13.0 Å². The van der Waals surface area contributed by atoms with Crippen LogP contribution in [-0.2, 0) is 17.1 Å². The van der Waals surface area contributed by atoms with Gasteiger partial charge in [-0.3, -0.25) is 4.79 Å². The minimum atomic E-state index is -3.70. The molecule has 0 radical (unpaired) electrons. The normalized spacial score (nSPS) is 13.4. The average molecular weight is 391 g/mol. The van der Waals surface area contributed by atoms with Crippen molar-refractivity contribution >= 4 is 31.6 Å². The average Bonchev–Trinajstić information content (AvgIpc) is 2.88. The highest BCUT2D eigenvalue weighted by Gasteiger charge is 2.23. The van der Waals surface area contributed by atoms with Gasteiger partial charge >= 0.3 is 4.87 Å². The van der Waals surface area contributed by atoms with Gasteiger partial charge in [-0.15, -0.1) is 0 Å². The van der Waals surface area contributed by atoms with E-state index in [9.17, 15) is 13.2 Å². The van der Waals surface area contributed by atoms with Crippen molar-refractivity contribution in [2.75, 3.05) is 0 Å². The van der Waals surface area contributed by atoms with E-state index in [1.165, 1.54) is 4.57 Å². The molecule has 5 nitrogen and oxygen atoms in total. The standard InChI is InChI=1S/C19H22N2O3S2/c1-13(2)11-16(14-7-5-4-6-8-14)20-26(23,24)15-9-10-17-18(12-15)25-19(22)21(17)3/h4-10,12-13,16,20H,11H2,1-3H3/t16-/m0/s1. The summed E-state index contributed by atoms with van der Waals surface area (Å²) in [4.78, 5) is 11.9. The molecular formula is C19H22N2O3S2. The number of sulfonamides is 1. The third kappa shape index (κ3) is 3.90. The van der Waals surface area contributed by atoms with Crippen LogP contribution in [0.4, 0.5) is 0 Å². The summed E-state index contributed by atoms with van der Waals surface area (Å²) < 4.78 is 30.9. The summed E-state index contributed by atoms with van der Waals surface area (Å²) in [5.41, 5.74) is 1.68. The number of fused-ring (bicyclic) bond motifs is 1. The monoisotopic (exact) mass is 390 g/mol. The molecule has 0 aliphatic carbocycles. The highest BCUT2D eigenvalue weighted by Crippen LogP contribution is 2.26. The maximum Gasteiger partial charge on any atom is 0.307 e. The molecule has 1 heterocycles. The van der Waals surface area contributed by atoms with Crippen LogP contribution in [0.5, 0.6) is 0 Å². The Morgan fingerprint density at radius 1 is 1.12 bits per heavy atom. The van der Waals surface area contributed by atoms with E-state index in [-0.39, 0.29) is 15.8 Å². The summed E-state index contributed by atoms with van der Waals surface area (Å²) in [7, 11) is -2.02. The zero-order valence-electron chi connectivity index (χ0n) is 15.0. The molecule has 0 spiro atoms. The van der Waals surface area contributed by atoms with E-state index in [4.69, 9.17) is 0 Å². The van der Waals surface area contributed by atoms with Crippen LogP contribution in [0, 0.1) is 5.92 Å². The van der Waals surface area contributed by atoms with Crippen molar-refractivity contribution in [2.45, 2.75) is 31.2 Å². The molecule has 26 heavy (non-hydrogen) atoms. The first-order valence-electron chi connectivity index (χ1n) is 8.45. The quantitative estimate of drug-likeness (QED) is 0.698. The smallest absolute Gasteiger partial charge is 0.302 e. The first-order chi connectivity index (χ1) is 12.3. The Morgan fingerprint density at radius 2 is 1.81 bits per heavy atom. The Morgan fingerprint density at radius 3 is 2.46 bits per heavy atom. The number of nitrogens with one attached hydrogen (secondary N) is 1. The van der Waals surface area contributed by atoms with Gasteiger partial charge in [-0.1, -0.05) is 55.5 Å². The summed E-state index contributed by atoms with van der Waals surface area (Å²) in [5.74, 6) is 0.338. The number of nitrogens with zero attached hydrogens (tertiary/aromatic N) is 1. The van der Waals surface area contributed by atoms with E-state index in [1.54, 1.807) is 25.2 Å². The summed E-state index contributed by atoms with van der Waals surface area (Å²) in [6, 6.07) is 14.1. The van der Waals surface area contributed by atoms with Crippen LogP contribution < -0.4 is 9.60 Å². The van der Waals surface area contributed by atoms with E-state index >= 15 is 0 Å². The molecule has 0 bridgehead atoms. The number of aryl methyl sites for hydroxylation is 1. The number of rotatable bonds is 6. The first-order valence-corrected chi connectivity index (χ1v) is 10.7. The van der Waals surface area contributed by atoms with Gasteiger partial charge in [0, 0.05) is 13.1 Å². The number of hydrogen-bond acceptors (Lipinski definition) is 4. The Kier molecular flexibility index (Phi) is 5.32. The molecule has 1 atom stereocenters. The zero-order valence-corrected chi connectivity index (χ0v) is 16.6. The van der Waals surface area contributed by atoms with Gasteiger partial charge in [-0.2, -0.15) is 0 Å². The fraction of sp³-hybridized carbons (Fsp3) is 0.316. The van der Waals surface area contributed by atoms with Gasteiger partial charge in [-0.05, 0) is 36.1 Å². The fourth-order valence-electron chi connectivity index (χ4n) is 2.95. The lowest BCUT2D eigenvalue weighted by atomic mass is 9.98. The molecule has 138 valence electrons. The molecule has 2 aromatic carbocycles. The minimum absolute atomic E-state index is 0.107. The van der Waals surface area contributed by atoms with Gasteiger partial charge in [0.15, 0.2) is 0 Å². The maximum atomic E-state index is 12.9. The lowest BCUT2D eigenvalue weighted by Crippen LogP contribution is -2.29. The molecular weight excluding hydrogens is 368 g/mol. The predicted molar refractivity (Wildman–Crippen MR) is 106 cm³/mol. The van der Waals surface area contributed by atoms with E-state index in [0.29, 0.717) is 17.0 Å². The molecule has 0 amide bonds. The zero-order chi connectivity index (χ0) is 18.9. The van der Waals surface area contributed by atoms with Crippen molar-refractivity contribution in [3.8, 4) is 0 Å². The van der Waals surface area contributed by atoms with Crippen molar-refractivity contribution in [1.29, 1.82) is 0 Å². The fourth-order valence-corrected chi connectivity index (χ4v) is 5.20. The Bertz CT molecular complexity index is 1070. The second-order valence-corrected chi connectivity index (χ2v) is 9.48. The van der Waals surface area contributed by atoms with Crippen LogP contribution in [0.25, 0.3) is 10.2 Å². The van der Waals surface area contributed by atoms with Gasteiger partial charge in [0.1, 0.15) is 0 Å². The molecule has 0 aliphatic rings. The van der Waals surface area contributed by atoms with Crippen LogP contribution in [0.1, 0.15) is 31.9 Å². The molecule has 1 aromatic heterocycles. The van der Waals surface area contributed by atoms with E-state index in [1.807, 2.05) is 30.3 Å². The summed E-state index contributed by atoms with van der Waals surface area (Å²) in [6.45, 7) is 4.13. The van der Waals surface area contributed by atoms with Crippen molar-refractivity contribution in [1.82, 2.24) is 9.29 Å². The minimum Gasteiger partial charge on any atom is -0.302 e. The van der Waals surface area contributed by atoms with Crippen molar-refractivity contribution in [2.24, 2.45) is 13.0 Å². The van der Waals surface area contributed by atoms with Crippen molar-refractivity contribution < 1.29 is 8.42 Å². The van der Waals surface area contributed by atoms with Crippen LogP contribution in [0.2, 0.25) is 0 Å². The number of aromatic nitrogens is 1. The molecule has 0 unspecified atom stereocenters. The Balaban J connectivity index is 1.96. The van der Waals surface area contributed by atoms with Gasteiger partial charge in [0.05, 0.1) is 15.1 Å².